The molecule has 2 aliphatic rings. The van der Waals surface area contributed by atoms with Crippen LogP contribution in [-0.2, 0) is 6.54 Å². The summed E-state index contributed by atoms with van der Waals surface area (Å²) in [7, 11) is 0. The maximum absolute atomic E-state index is 5.44. The molecule has 0 aliphatic carbocycles. The van der Waals surface area contributed by atoms with Crippen LogP contribution in [-0.4, -0.2) is 37.4 Å². The fourth-order valence-corrected chi connectivity index (χ4v) is 2.86. The molecule has 0 saturated carbocycles. The molecule has 1 aromatic rings. The standard InChI is InChI=1S/C13H17BrN2O2/c1-9-6-15-2-3-16(9)7-10-4-12-13(5-11(10)14)18-8-17-12/h4-5,9,15H,2-3,6-8H2,1H3/t9-/m0/s1. The smallest absolute Gasteiger partial charge is 0.231 e. The number of nitrogens with one attached hydrogen (secondary N) is 1. The van der Waals surface area contributed by atoms with Gasteiger partial charge in [-0.15, -0.1) is 0 Å². The van der Waals surface area contributed by atoms with Gasteiger partial charge in [-0.25, -0.2) is 0 Å². The number of hydrogen-bond donors (Lipinski definition) is 1. The molecule has 1 N–H and O–H groups in total. The average molecular weight is 313 g/mol. The van der Waals surface area contributed by atoms with Crippen molar-refractivity contribution >= 4 is 15.9 Å². The molecule has 1 fully saturated rings. The van der Waals surface area contributed by atoms with Crippen LogP contribution in [0.5, 0.6) is 11.5 Å². The molecule has 1 saturated heterocycles. The van der Waals surface area contributed by atoms with Crippen molar-refractivity contribution in [2.75, 3.05) is 26.4 Å². The molecule has 4 nitrogen and oxygen atoms in total. The Hall–Kier alpha value is -0.780. The molecule has 18 heavy (non-hydrogen) atoms. The van der Waals surface area contributed by atoms with E-state index in [9.17, 15) is 0 Å². The first-order valence-electron chi connectivity index (χ1n) is 6.27. The van der Waals surface area contributed by atoms with Crippen LogP contribution in [0.4, 0.5) is 0 Å². The topological polar surface area (TPSA) is 33.7 Å². The zero-order valence-electron chi connectivity index (χ0n) is 10.4. The van der Waals surface area contributed by atoms with E-state index in [0.29, 0.717) is 12.8 Å². The van der Waals surface area contributed by atoms with Gasteiger partial charge < -0.3 is 14.8 Å². The quantitative estimate of drug-likeness (QED) is 0.905. The third-order valence-electron chi connectivity index (χ3n) is 3.55. The maximum Gasteiger partial charge on any atom is 0.231 e. The summed E-state index contributed by atoms with van der Waals surface area (Å²) in [5.74, 6) is 1.69. The van der Waals surface area contributed by atoms with Crippen molar-refractivity contribution in [1.82, 2.24) is 10.2 Å². The summed E-state index contributed by atoms with van der Waals surface area (Å²) in [5, 5.41) is 3.41. The molecule has 0 radical (unpaired) electrons. The second-order valence-electron chi connectivity index (χ2n) is 4.82. The van der Waals surface area contributed by atoms with Gasteiger partial charge in [-0.1, -0.05) is 15.9 Å². The van der Waals surface area contributed by atoms with E-state index in [4.69, 9.17) is 9.47 Å². The predicted octanol–water partition coefficient (Wildman–Crippen LogP) is 1.97. The number of ether oxygens (including phenoxy) is 2. The molecule has 1 aromatic carbocycles. The summed E-state index contributed by atoms with van der Waals surface area (Å²) in [6, 6.07) is 4.65. The van der Waals surface area contributed by atoms with E-state index in [1.807, 2.05) is 6.07 Å². The van der Waals surface area contributed by atoms with E-state index in [1.165, 1.54) is 5.56 Å². The van der Waals surface area contributed by atoms with Gasteiger partial charge in [-0.05, 0) is 24.6 Å². The fourth-order valence-electron chi connectivity index (χ4n) is 2.42. The molecule has 1 atom stereocenters. The van der Waals surface area contributed by atoms with E-state index in [1.54, 1.807) is 0 Å². The molecule has 5 heteroatoms. The lowest BCUT2D eigenvalue weighted by molar-refractivity contribution is 0.164. The van der Waals surface area contributed by atoms with Gasteiger partial charge >= 0.3 is 0 Å². The van der Waals surface area contributed by atoms with Crippen molar-refractivity contribution in [3.8, 4) is 11.5 Å². The number of piperazine rings is 1. The van der Waals surface area contributed by atoms with E-state index in [-0.39, 0.29) is 0 Å². The molecule has 0 spiro atoms. The highest BCUT2D eigenvalue weighted by Gasteiger charge is 2.21. The van der Waals surface area contributed by atoms with Crippen LogP contribution in [0.3, 0.4) is 0 Å². The molecular weight excluding hydrogens is 296 g/mol. The van der Waals surface area contributed by atoms with Crippen LogP contribution >= 0.6 is 15.9 Å². The first-order chi connectivity index (χ1) is 8.74. The molecule has 2 aliphatic heterocycles. The van der Waals surface area contributed by atoms with Crippen LogP contribution in [0.1, 0.15) is 12.5 Å². The number of benzene rings is 1. The third-order valence-corrected chi connectivity index (χ3v) is 4.29. The molecule has 0 aromatic heterocycles. The first kappa shape index (κ1) is 12.3. The van der Waals surface area contributed by atoms with Crippen molar-refractivity contribution in [2.45, 2.75) is 19.5 Å². The minimum Gasteiger partial charge on any atom is -0.454 e. The average Bonchev–Trinajstić information content (AvgIpc) is 2.79. The Morgan fingerprint density at radius 1 is 1.39 bits per heavy atom. The summed E-state index contributed by atoms with van der Waals surface area (Å²) in [4.78, 5) is 2.48. The summed E-state index contributed by atoms with van der Waals surface area (Å²) in [5.41, 5.74) is 1.26. The second-order valence-corrected chi connectivity index (χ2v) is 5.67. The minimum atomic E-state index is 0.329. The number of rotatable bonds is 2. The lowest BCUT2D eigenvalue weighted by Gasteiger charge is -2.34. The Bertz CT molecular complexity index is 453. The van der Waals surface area contributed by atoms with Crippen LogP contribution in [0, 0.1) is 0 Å². The Morgan fingerprint density at radius 3 is 2.94 bits per heavy atom. The summed E-state index contributed by atoms with van der Waals surface area (Å²) < 4.78 is 11.9. The van der Waals surface area contributed by atoms with Gasteiger partial charge in [-0.2, -0.15) is 0 Å². The summed E-state index contributed by atoms with van der Waals surface area (Å²) >= 11 is 3.62. The monoisotopic (exact) mass is 312 g/mol. The molecule has 0 bridgehead atoms. The normalized spacial score (nSPS) is 23.3. The molecular formula is C13H17BrN2O2. The first-order valence-corrected chi connectivity index (χ1v) is 7.06. The van der Waals surface area contributed by atoms with Crippen LogP contribution < -0.4 is 14.8 Å². The van der Waals surface area contributed by atoms with Gasteiger partial charge in [0.1, 0.15) is 0 Å². The summed E-state index contributed by atoms with van der Waals surface area (Å²) in [6.07, 6.45) is 0. The highest BCUT2D eigenvalue weighted by atomic mass is 79.9. The minimum absolute atomic E-state index is 0.329. The third kappa shape index (κ3) is 2.35. The van der Waals surface area contributed by atoms with E-state index < -0.39 is 0 Å². The van der Waals surface area contributed by atoms with E-state index >= 15 is 0 Å². The highest BCUT2D eigenvalue weighted by molar-refractivity contribution is 9.10. The van der Waals surface area contributed by atoms with Gasteiger partial charge in [0.2, 0.25) is 6.79 Å². The van der Waals surface area contributed by atoms with Gasteiger partial charge in [0, 0.05) is 36.7 Å². The number of nitrogens with zero attached hydrogens (tertiary/aromatic N) is 1. The highest BCUT2D eigenvalue weighted by Crippen LogP contribution is 2.37. The Kier molecular flexibility index (Phi) is 3.46. The summed E-state index contributed by atoms with van der Waals surface area (Å²) in [6.45, 7) is 6.74. The van der Waals surface area contributed by atoms with Crippen molar-refractivity contribution < 1.29 is 9.47 Å². The predicted molar refractivity (Wildman–Crippen MR) is 73.0 cm³/mol. The van der Waals surface area contributed by atoms with Crippen molar-refractivity contribution in [3.05, 3.63) is 22.2 Å². The van der Waals surface area contributed by atoms with Gasteiger partial charge in [-0.3, -0.25) is 4.90 Å². The molecule has 0 unspecified atom stereocenters. The molecule has 98 valence electrons. The Balaban J connectivity index is 1.79. The van der Waals surface area contributed by atoms with Crippen LogP contribution in [0.2, 0.25) is 0 Å². The van der Waals surface area contributed by atoms with Crippen LogP contribution in [0.25, 0.3) is 0 Å². The fraction of sp³-hybridized carbons (Fsp3) is 0.538. The SMILES string of the molecule is C[C@H]1CNCCN1Cc1cc2c(cc1Br)OCO2. The van der Waals surface area contributed by atoms with Crippen molar-refractivity contribution in [3.63, 3.8) is 0 Å². The Labute approximate surface area is 115 Å². The molecule has 0 amide bonds. The van der Waals surface area contributed by atoms with Crippen molar-refractivity contribution in [1.29, 1.82) is 0 Å². The number of halogens is 1. The van der Waals surface area contributed by atoms with Crippen LogP contribution in [0.15, 0.2) is 16.6 Å². The van der Waals surface area contributed by atoms with E-state index in [2.05, 4.69) is 39.1 Å². The molecule has 2 heterocycles. The largest absolute Gasteiger partial charge is 0.454 e. The zero-order chi connectivity index (χ0) is 12.5. The maximum atomic E-state index is 5.44. The Morgan fingerprint density at radius 2 is 2.17 bits per heavy atom. The van der Waals surface area contributed by atoms with Gasteiger partial charge in [0.05, 0.1) is 0 Å². The molecule has 3 rings (SSSR count). The van der Waals surface area contributed by atoms with Gasteiger partial charge in [0.25, 0.3) is 0 Å². The zero-order valence-corrected chi connectivity index (χ0v) is 12.0. The second kappa shape index (κ2) is 5.07. The lowest BCUT2D eigenvalue weighted by Crippen LogP contribution is -2.49. The number of hydrogen-bond acceptors (Lipinski definition) is 4. The van der Waals surface area contributed by atoms with E-state index in [0.717, 1.165) is 42.2 Å². The van der Waals surface area contributed by atoms with Gasteiger partial charge in [0.15, 0.2) is 11.5 Å². The number of fused-ring (bicyclic) bond motifs is 1. The lowest BCUT2D eigenvalue weighted by atomic mass is 10.1. The van der Waals surface area contributed by atoms with Crippen molar-refractivity contribution in [2.24, 2.45) is 0 Å².